The molecule has 1 heterocycles. The molecule has 0 saturated heterocycles. The first-order valence-electron chi connectivity index (χ1n) is 8.32. The number of nitrogens with zero attached hydrogens (tertiary/aromatic N) is 4. The predicted molar refractivity (Wildman–Crippen MR) is 102 cm³/mol. The van der Waals surface area contributed by atoms with Crippen LogP contribution in [0, 0.1) is 35.5 Å². The normalized spacial score (nSPS) is 10.2. The highest BCUT2D eigenvalue weighted by Gasteiger charge is 2.22. The van der Waals surface area contributed by atoms with Crippen molar-refractivity contribution in [1.82, 2.24) is 10.3 Å². The molecule has 2 amide bonds. The molecule has 1 N–H and O–H groups in total. The van der Waals surface area contributed by atoms with E-state index in [1.54, 1.807) is 23.1 Å². The van der Waals surface area contributed by atoms with Crippen molar-refractivity contribution in [2.24, 2.45) is 5.92 Å². The van der Waals surface area contributed by atoms with Gasteiger partial charge in [0, 0.05) is 6.42 Å². The maximum Gasteiger partial charge on any atom is 0.323 e. The Balaban J connectivity index is 2.35. The summed E-state index contributed by atoms with van der Waals surface area (Å²) in [5, 5.41) is 22.2. The van der Waals surface area contributed by atoms with Crippen molar-refractivity contribution in [2.75, 3.05) is 11.4 Å². The molecule has 0 aliphatic carbocycles. The fourth-order valence-electron chi connectivity index (χ4n) is 2.50. The van der Waals surface area contributed by atoms with Gasteiger partial charge in [-0.05, 0) is 30.5 Å². The fraction of sp³-hybridized carbons (Fsp3) is 0.368. The molecule has 0 aliphatic rings. The minimum atomic E-state index is -0.350. The largest absolute Gasteiger partial charge is 0.325 e. The van der Waals surface area contributed by atoms with Gasteiger partial charge in [0.1, 0.15) is 11.5 Å². The highest BCUT2D eigenvalue weighted by Crippen LogP contribution is 2.31. The Labute approximate surface area is 157 Å². The van der Waals surface area contributed by atoms with Crippen LogP contribution < -0.4 is 10.2 Å². The molecule has 0 radical (unpaired) electrons. The van der Waals surface area contributed by atoms with Crippen LogP contribution in [0.1, 0.15) is 35.7 Å². The highest BCUT2D eigenvalue weighted by molar-refractivity contribution is 7.16. The van der Waals surface area contributed by atoms with Crippen LogP contribution in [0.15, 0.2) is 24.3 Å². The van der Waals surface area contributed by atoms with Gasteiger partial charge in [-0.2, -0.15) is 10.5 Å². The van der Waals surface area contributed by atoms with Crippen molar-refractivity contribution >= 4 is 22.4 Å². The number of rotatable bonds is 6. The second-order valence-corrected chi connectivity index (χ2v) is 7.37. The minimum absolute atomic E-state index is 0.0652. The summed E-state index contributed by atoms with van der Waals surface area (Å²) in [7, 11) is 0. The molecule has 0 spiro atoms. The summed E-state index contributed by atoms with van der Waals surface area (Å²) in [6.45, 7) is 6.37. The molecule has 0 fully saturated rings. The first kappa shape index (κ1) is 19.4. The van der Waals surface area contributed by atoms with Crippen LogP contribution >= 0.6 is 11.3 Å². The van der Waals surface area contributed by atoms with E-state index in [9.17, 15) is 4.79 Å². The molecule has 6 nitrogen and oxygen atoms in total. The summed E-state index contributed by atoms with van der Waals surface area (Å²) in [5.41, 5.74) is 2.17. The molecule has 0 saturated carbocycles. The summed E-state index contributed by atoms with van der Waals surface area (Å²) in [4.78, 5) is 18.8. The van der Waals surface area contributed by atoms with E-state index in [4.69, 9.17) is 10.5 Å². The standard InChI is InChI=1S/C19H21N5OS/c1-13(2)9-17-23-14(3)18(26-17)24(19(25)22-8-7-20)12-16-6-4-5-15(10-16)11-21/h4-6,10,13H,8-9,12H2,1-3H3,(H,22,25). The summed E-state index contributed by atoms with van der Waals surface area (Å²) >= 11 is 1.49. The monoisotopic (exact) mass is 367 g/mol. The third-order valence-electron chi connectivity index (χ3n) is 3.61. The lowest BCUT2D eigenvalue weighted by Gasteiger charge is -2.21. The zero-order valence-electron chi connectivity index (χ0n) is 15.1. The average Bonchev–Trinajstić information content (AvgIpc) is 2.96. The molecule has 2 rings (SSSR count). The van der Waals surface area contributed by atoms with Crippen LogP contribution in [-0.4, -0.2) is 17.6 Å². The average molecular weight is 367 g/mol. The second kappa shape index (κ2) is 8.98. The molecular formula is C19H21N5OS. The Morgan fingerprint density at radius 3 is 2.81 bits per heavy atom. The Morgan fingerprint density at radius 1 is 1.38 bits per heavy atom. The van der Waals surface area contributed by atoms with Crippen LogP contribution in [0.3, 0.4) is 0 Å². The van der Waals surface area contributed by atoms with Gasteiger partial charge in [0.25, 0.3) is 0 Å². The van der Waals surface area contributed by atoms with Crippen molar-refractivity contribution in [3.8, 4) is 12.1 Å². The van der Waals surface area contributed by atoms with Crippen molar-refractivity contribution < 1.29 is 4.79 Å². The fourth-order valence-corrected chi connectivity index (χ4v) is 3.77. The van der Waals surface area contributed by atoms with Gasteiger partial charge in [0.05, 0.1) is 34.9 Å². The smallest absolute Gasteiger partial charge is 0.323 e. The van der Waals surface area contributed by atoms with Gasteiger partial charge in [-0.25, -0.2) is 9.78 Å². The van der Waals surface area contributed by atoms with E-state index in [2.05, 4.69) is 30.2 Å². The van der Waals surface area contributed by atoms with Crippen LogP contribution in [-0.2, 0) is 13.0 Å². The van der Waals surface area contributed by atoms with Crippen LogP contribution in [0.4, 0.5) is 9.80 Å². The van der Waals surface area contributed by atoms with Crippen molar-refractivity contribution in [1.29, 1.82) is 10.5 Å². The maximum absolute atomic E-state index is 12.6. The number of nitriles is 2. The highest BCUT2D eigenvalue weighted by atomic mass is 32.1. The molecule has 0 aliphatic heterocycles. The van der Waals surface area contributed by atoms with Crippen molar-refractivity contribution in [2.45, 2.75) is 33.7 Å². The molecule has 0 unspecified atom stereocenters. The number of urea groups is 1. The number of thiazole rings is 1. The minimum Gasteiger partial charge on any atom is -0.325 e. The van der Waals surface area contributed by atoms with Crippen LogP contribution in [0.25, 0.3) is 0 Å². The number of hydrogen-bond donors (Lipinski definition) is 1. The molecule has 134 valence electrons. The van der Waals surface area contributed by atoms with E-state index in [0.717, 1.165) is 27.7 Å². The Bertz CT molecular complexity index is 860. The summed E-state index contributed by atoms with van der Waals surface area (Å²) in [6, 6.07) is 10.8. The van der Waals surface area contributed by atoms with Gasteiger partial charge in [-0.15, -0.1) is 11.3 Å². The topological polar surface area (TPSA) is 92.8 Å². The number of carbonyl (C=O) groups excluding carboxylic acids is 1. The quantitative estimate of drug-likeness (QED) is 0.787. The molecule has 2 aromatic rings. The molecule has 7 heteroatoms. The number of hydrogen-bond acceptors (Lipinski definition) is 5. The van der Waals surface area contributed by atoms with Crippen LogP contribution in [0.2, 0.25) is 0 Å². The van der Waals surface area contributed by atoms with Gasteiger partial charge in [0.15, 0.2) is 0 Å². The summed E-state index contributed by atoms with van der Waals surface area (Å²) in [5.74, 6) is 0.474. The zero-order valence-corrected chi connectivity index (χ0v) is 15.9. The van der Waals surface area contributed by atoms with E-state index < -0.39 is 0 Å². The zero-order chi connectivity index (χ0) is 19.1. The van der Waals surface area contributed by atoms with E-state index >= 15 is 0 Å². The first-order chi connectivity index (χ1) is 12.4. The second-order valence-electron chi connectivity index (χ2n) is 6.31. The third kappa shape index (κ3) is 5.05. The summed E-state index contributed by atoms with van der Waals surface area (Å²) in [6.07, 6.45) is 0.850. The van der Waals surface area contributed by atoms with Gasteiger partial charge in [0.2, 0.25) is 0 Å². The molecule has 0 atom stereocenters. The molecule has 1 aromatic carbocycles. The third-order valence-corrected chi connectivity index (χ3v) is 4.81. The number of carbonyl (C=O) groups is 1. The Kier molecular flexibility index (Phi) is 6.71. The van der Waals surface area contributed by atoms with Gasteiger partial charge in [-0.1, -0.05) is 26.0 Å². The molecular weight excluding hydrogens is 346 g/mol. The lowest BCUT2D eigenvalue weighted by atomic mass is 10.1. The number of benzene rings is 1. The van der Waals surface area contributed by atoms with Gasteiger partial charge in [-0.3, -0.25) is 4.90 Å². The first-order valence-corrected chi connectivity index (χ1v) is 9.14. The number of anilines is 1. The van der Waals surface area contributed by atoms with E-state index in [1.165, 1.54) is 11.3 Å². The summed E-state index contributed by atoms with van der Waals surface area (Å²) < 4.78 is 0. The van der Waals surface area contributed by atoms with Crippen molar-refractivity contribution in [3.05, 3.63) is 46.1 Å². The maximum atomic E-state index is 12.6. The lowest BCUT2D eigenvalue weighted by molar-refractivity contribution is 0.247. The lowest BCUT2D eigenvalue weighted by Crippen LogP contribution is -2.39. The van der Waals surface area contributed by atoms with Gasteiger partial charge < -0.3 is 5.32 Å². The predicted octanol–water partition coefficient (Wildman–Crippen LogP) is 3.76. The van der Waals surface area contributed by atoms with E-state index in [1.807, 2.05) is 19.1 Å². The number of aryl methyl sites for hydroxylation is 1. The Morgan fingerprint density at radius 2 is 2.15 bits per heavy atom. The SMILES string of the molecule is Cc1nc(CC(C)C)sc1N(Cc1cccc(C#N)c1)C(=O)NCC#N. The number of amides is 2. The van der Waals surface area contributed by atoms with Crippen LogP contribution in [0.5, 0.6) is 0 Å². The number of aromatic nitrogens is 1. The van der Waals surface area contributed by atoms with E-state index in [0.29, 0.717) is 18.0 Å². The van der Waals surface area contributed by atoms with Crippen molar-refractivity contribution in [3.63, 3.8) is 0 Å². The molecule has 1 aromatic heterocycles. The number of nitrogens with one attached hydrogen (secondary N) is 1. The van der Waals surface area contributed by atoms with Gasteiger partial charge >= 0.3 is 6.03 Å². The van der Waals surface area contributed by atoms with E-state index in [-0.39, 0.29) is 12.6 Å². The molecule has 26 heavy (non-hydrogen) atoms. The Hall–Kier alpha value is -2.90. The molecule has 0 bridgehead atoms.